The van der Waals surface area contributed by atoms with Gasteiger partial charge in [0, 0.05) is 40.9 Å². The number of pyridine rings is 2. The van der Waals surface area contributed by atoms with Crippen molar-refractivity contribution in [3.05, 3.63) is 71.6 Å². The monoisotopic (exact) mass is 409 g/mol. The summed E-state index contributed by atoms with van der Waals surface area (Å²) in [5.41, 5.74) is 1.88. The van der Waals surface area contributed by atoms with Crippen LogP contribution in [0.5, 0.6) is 11.5 Å². The molecule has 150 valence electrons. The molecule has 1 aliphatic rings. The molecule has 2 heterocycles. The highest BCUT2D eigenvalue weighted by Crippen LogP contribution is 2.37. The molecule has 1 aromatic carbocycles. The molecule has 29 heavy (non-hydrogen) atoms. The minimum Gasteiger partial charge on any atom is -0.493 e. The van der Waals surface area contributed by atoms with E-state index in [4.69, 9.17) is 21.1 Å². The van der Waals surface area contributed by atoms with Gasteiger partial charge in [-0.25, -0.2) is 4.98 Å². The van der Waals surface area contributed by atoms with Crippen LogP contribution >= 0.6 is 11.6 Å². The van der Waals surface area contributed by atoms with Crippen LogP contribution in [0.4, 0.5) is 11.5 Å². The summed E-state index contributed by atoms with van der Waals surface area (Å²) in [5.74, 6) is 2.32. The average molecular weight is 410 g/mol. The van der Waals surface area contributed by atoms with E-state index < -0.39 is 0 Å². The van der Waals surface area contributed by atoms with E-state index in [1.165, 1.54) is 12.8 Å². The summed E-state index contributed by atoms with van der Waals surface area (Å²) >= 11 is 6.40. The van der Waals surface area contributed by atoms with Crippen LogP contribution in [0.1, 0.15) is 31.2 Å². The fraction of sp³-hybridized carbons (Fsp3) is 0.304. The largest absolute Gasteiger partial charge is 0.493 e. The molecule has 0 N–H and O–H groups in total. The predicted octanol–water partition coefficient (Wildman–Crippen LogP) is 5.80. The van der Waals surface area contributed by atoms with Crippen molar-refractivity contribution in [2.45, 2.75) is 38.3 Å². The number of anilines is 2. The summed E-state index contributed by atoms with van der Waals surface area (Å²) in [6, 6.07) is 13.6. The molecule has 5 nitrogen and oxygen atoms in total. The maximum Gasteiger partial charge on any atom is 0.163 e. The number of nitrogens with zero attached hydrogens (tertiary/aromatic N) is 3. The van der Waals surface area contributed by atoms with Gasteiger partial charge in [-0.2, -0.15) is 0 Å². The van der Waals surface area contributed by atoms with Gasteiger partial charge in [-0.05, 0) is 56.0 Å². The Kier molecular flexibility index (Phi) is 6.15. The van der Waals surface area contributed by atoms with E-state index in [1.807, 2.05) is 36.4 Å². The number of hydrogen-bond donors (Lipinski definition) is 0. The lowest BCUT2D eigenvalue weighted by molar-refractivity contribution is 0.201. The number of ether oxygens (including phenoxy) is 2. The van der Waals surface area contributed by atoms with Crippen LogP contribution in [0.25, 0.3) is 0 Å². The molecule has 2 aromatic heterocycles. The van der Waals surface area contributed by atoms with E-state index in [9.17, 15) is 0 Å². The fourth-order valence-corrected chi connectivity index (χ4v) is 3.79. The van der Waals surface area contributed by atoms with Gasteiger partial charge < -0.3 is 14.4 Å². The third-order valence-corrected chi connectivity index (χ3v) is 5.52. The fourth-order valence-electron chi connectivity index (χ4n) is 3.63. The molecule has 6 heteroatoms. The molecule has 1 aliphatic carbocycles. The molecule has 4 rings (SSSR count). The third kappa shape index (κ3) is 4.62. The van der Waals surface area contributed by atoms with E-state index in [2.05, 4.69) is 14.9 Å². The van der Waals surface area contributed by atoms with Crippen LogP contribution in [0.2, 0.25) is 5.02 Å². The second-order valence-electron chi connectivity index (χ2n) is 7.10. The standard InChI is InChI=1S/C23H24ClN3O2/c1-28-21-10-9-18(14-22(21)29-19-6-2-3-7-19)27(23-8-4-5-12-26-23)16-17-15-25-13-11-20(17)24/h4-5,8-15,19H,2-3,6-7,16H2,1H3. The molecule has 1 saturated carbocycles. The van der Waals surface area contributed by atoms with Gasteiger partial charge in [0.25, 0.3) is 0 Å². The minimum atomic E-state index is 0.246. The van der Waals surface area contributed by atoms with Gasteiger partial charge in [-0.3, -0.25) is 4.98 Å². The number of hydrogen-bond acceptors (Lipinski definition) is 5. The van der Waals surface area contributed by atoms with Crippen LogP contribution in [0, 0.1) is 0 Å². The number of methoxy groups -OCH3 is 1. The van der Waals surface area contributed by atoms with Gasteiger partial charge in [-0.1, -0.05) is 17.7 Å². The van der Waals surface area contributed by atoms with Crippen LogP contribution in [-0.4, -0.2) is 23.2 Å². The number of aromatic nitrogens is 2. The molecule has 0 atom stereocenters. The Morgan fingerprint density at radius 1 is 1.07 bits per heavy atom. The van der Waals surface area contributed by atoms with Crippen molar-refractivity contribution in [3.8, 4) is 11.5 Å². The van der Waals surface area contributed by atoms with Crippen LogP contribution < -0.4 is 14.4 Å². The van der Waals surface area contributed by atoms with Gasteiger partial charge in [-0.15, -0.1) is 0 Å². The number of benzene rings is 1. The molecule has 0 saturated heterocycles. The van der Waals surface area contributed by atoms with Gasteiger partial charge in [0.15, 0.2) is 11.5 Å². The molecular weight excluding hydrogens is 386 g/mol. The second-order valence-corrected chi connectivity index (χ2v) is 7.51. The number of halogens is 1. The van der Waals surface area contributed by atoms with E-state index in [0.717, 1.165) is 41.4 Å². The molecule has 0 bridgehead atoms. The normalized spacial score (nSPS) is 14.0. The highest BCUT2D eigenvalue weighted by atomic mass is 35.5. The Hall–Kier alpha value is -2.79. The molecular formula is C23H24ClN3O2. The highest BCUT2D eigenvalue weighted by molar-refractivity contribution is 6.31. The zero-order valence-corrected chi connectivity index (χ0v) is 17.2. The van der Waals surface area contributed by atoms with Crippen LogP contribution in [0.15, 0.2) is 61.1 Å². The molecule has 0 unspecified atom stereocenters. The van der Waals surface area contributed by atoms with E-state index in [1.54, 1.807) is 31.8 Å². The third-order valence-electron chi connectivity index (χ3n) is 5.15. The molecule has 1 fully saturated rings. The quantitative estimate of drug-likeness (QED) is 0.493. The Balaban J connectivity index is 1.70. The zero-order valence-electron chi connectivity index (χ0n) is 16.4. The SMILES string of the molecule is COc1ccc(N(Cc2cnccc2Cl)c2ccccn2)cc1OC1CCCC1. The summed E-state index contributed by atoms with van der Waals surface area (Å²) in [5, 5.41) is 0.678. The Bertz CT molecular complexity index is 946. The van der Waals surface area contributed by atoms with Gasteiger partial charge in [0.2, 0.25) is 0 Å². The molecule has 0 radical (unpaired) electrons. The average Bonchev–Trinajstić information content (AvgIpc) is 3.27. The second kappa shape index (κ2) is 9.14. The Morgan fingerprint density at radius 2 is 1.93 bits per heavy atom. The molecule has 3 aromatic rings. The lowest BCUT2D eigenvalue weighted by Crippen LogP contribution is -2.18. The van der Waals surface area contributed by atoms with Crippen molar-refractivity contribution >= 4 is 23.1 Å². The summed E-state index contributed by atoms with van der Waals surface area (Å²) < 4.78 is 11.8. The van der Waals surface area contributed by atoms with Crippen molar-refractivity contribution in [1.82, 2.24) is 9.97 Å². The molecule has 0 aliphatic heterocycles. The highest BCUT2D eigenvalue weighted by Gasteiger charge is 2.20. The van der Waals surface area contributed by atoms with E-state index in [-0.39, 0.29) is 6.10 Å². The van der Waals surface area contributed by atoms with Crippen molar-refractivity contribution in [2.75, 3.05) is 12.0 Å². The van der Waals surface area contributed by atoms with Crippen molar-refractivity contribution < 1.29 is 9.47 Å². The van der Waals surface area contributed by atoms with Gasteiger partial charge in [0.05, 0.1) is 19.8 Å². The van der Waals surface area contributed by atoms with E-state index in [0.29, 0.717) is 11.6 Å². The first kappa shape index (κ1) is 19.5. The summed E-state index contributed by atoms with van der Waals surface area (Å²) in [6.45, 7) is 0.541. The zero-order chi connectivity index (χ0) is 20.1. The number of rotatable bonds is 7. The summed E-state index contributed by atoms with van der Waals surface area (Å²) in [6.07, 6.45) is 10.1. The first-order valence-corrected chi connectivity index (χ1v) is 10.2. The molecule has 0 spiro atoms. The van der Waals surface area contributed by atoms with Crippen molar-refractivity contribution in [1.29, 1.82) is 0 Å². The lowest BCUT2D eigenvalue weighted by Gasteiger charge is -2.26. The van der Waals surface area contributed by atoms with E-state index >= 15 is 0 Å². The maximum atomic E-state index is 6.40. The van der Waals surface area contributed by atoms with Gasteiger partial charge in [0.1, 0.15) is 5.82 Å². The first-order valence-electron chi connectivity index (χ1n) is 9.86. The Labute approximate surface area is 176 Å². The minimum absolute atomic E-state index is 0.246. The smallest absolute Gasteiger partial charge is 0.163 e. The van der Waals surface area contributed by atoms with Crippen molar-refractivity contribution in [3.63, 3.8) is 0 Å². The van der Waals surface area contributed by atoms with Gasteiger partial charge >= 0.3 is 0 Å². The summed E-state index contributed by atoms with van der Waals surface area (Å²) in [4.78, 5) is 10.9. The molecule has 0 amide bonds. The lowest BCUT2D eigenvalue weighted by atomic mass is 10.2. The Morgan fingerprint density at radius 3 is 2.66 bits per heavy atom. The van der Waals surface area contributed by atoms with Crippen LogP contribution in [0.3, 0.4) is 0 Å². The van der Waals surface area contributed by atoms with Crippen molar-refractivity contribution in [2.24, 2.45) is 0 Å². The first-order chi connectivity index (χ1) is 14.2. The van der Waals surface area contributed by atoms with Crippen LogP contribution in [-0.2, 0) is 6.54 Å². The summed E-state index contributed by atoms with van der Waals surface area (Å²) in [7, 11) is 1.67. The topological polar surface area (TPSA) is 47.5 Å². The predicted molar refractivity (Wildman–Crippen MR) is 115 cm³/mol. The maximum absolute atomic E-state index is 6.40.